The lowest BCUT2D eigenvalue weighted by atomic mass is 10.3. The zero-order chi connectivity index (χ0) is 7.23. The molecule has 0 saturated carbocycles. The predicted molar refractivity (Wildman–Crippen MR) is 38.0 cm³/mol. The van der Waals surface area contributed by atoms with E-state index in [1.165, 1.54) is 6.42 Å². The molecular weight excluding hydrogens is 128 g/mol. The molecule has 1 aromatic rings. The Morgan fingerprint density at radius 3 is 3.20 bits per heavy atom. The highest BCUT2D eigenvalue weighted by Gasteiger charge is 1.86. The summed E-state index contributed by atoms with van der Waals surface area (Å²) in [6.07, 6.45) is 6.60. The minimum atomic E-state index is 0.938. The summed E-state index contributed by atoms with van der Waals surface area (Å²) in [5.74, 6) is 0. The standard InChI is InChI=1S/C6H11N4/c1-2-3-4-8-10-6-5-7-9-10/h6,8H,2-4H2,1H3. The minimum absolute atomic E-state index is 0.938. The molecule has 0 saturated heterocycles. The number of hydrogen-bond donors (Lipinski definition) is 1. The second-order valence-electron chi connectivity index (χ2n) is 2.05. The molecule has 0 bridgehead atoms. The van der Waals surface area contributed by atoms with Crippen LogP contribution in [0.4, 0.5) is 0 Å². The Hall–Kier alpha value is -1.06. The van der Waals surface area contributed by atoms with Crippen molar-refractivity contribution in [2.24, 2.45) is 0 Å². The molecule has 4 nitrogen and oxygen atoms in total. The molecule has 4 heteroatoms. The molecule has 1 radical (unpaired) electrons. The Morgan fingerprint density at radius 2 is 2.60 bits per heavy atom. The number of nitrogens with one attached hydrogen (secondary N) is 1. The van der Waals surface area contributed by atoms with Crippen LogP contribution in [-0.2, 0) is 0 Å². The molecule has 0 amide bonds. The number of aromatic nitrogens is 3. The first-order valence-electron chi connectivity index (χ1n) is 3.45. The van der Waals surface area contributed by atoms with Gasteiger partial charge < -0.3 is 5.43 Å². The molecule has 1 rings (SSSR count). The van der Waals surface area contributed by atoms with Crippen LogP contribution in [0, 0.1) is 6.20 Å². The van der Waals surface area contributed by atoms with E-state index in [4.69, 9.17) is 0 Å². The van der Waals surface area contributed by atoms with Gasteiger partial charge in [-0.1, -0.05) is 13.3 Å². The molecule has 1 aromatic heterocycles. The average Bonchev–Trinajstić information content (AvgIpc) is 2.41. The van der Waals surface area contributed by atoms with Gasteiger partial charge in [-0.2, -0.15) is 4.79 Å². The molecule has 0 aliphatic heterocycles. The van der Waals surface area contributed by atoms with E-state index in [0.29, 0.717) is 0 Å². The fourth-order valence-electron chi connectivity index (χ4n) is 0.628. The van der Waals surface area contributed by atoms with Gasteiger partial charge in [-0.15, -0.1) is 5.10 Å². The molecule has 0 spiro atoms. The van der Waals surface area contributed by atoms with Gasteiger partial charge in [0.05, 0.1) is 6.20 Å². The van der Waals surface area contributed by atoms with Crippen LogP contribution in [0.1, 0.15) is 19.8 Å². The highest BCUT2D eigenvalue weighted by molar-refractivity contribution is 4.68. The van der Waals surface area contributed by atoms with Crippen molar-refractivity contribution >= 4 is 0 Å². The van der Waals surface area contributed by atoms with Gasteiger partial charge in [-0.25, -0.2) is 0 Å². The highest BCUT2D eigenvalue weighted by Crippen LogP contribution is 1.83. The topological polar surface area (TPSA) is 42.7 Å². The smallest absolute Gasteiger partial charge is 0.137 e. The Balaban J connectivity index is 2.15. The maximum atomic E-state index is 3.69. The summed E-state index contributed by atoms with van der Waals surface area (Å²) in [5, 5.41) is 7.21. The maximum absolute atomic E-state index is 3.69. The molecule has 0 unspecified atom stereocenters. The van der Waals surface area contributed by atoms with Crippen molar-refractivity contribution in [3.63, 3.8) is 0 Å². The van der Waals surface area contributed by atoms with Gasteiger partial charge in [0.25, 0.3) is 0 Å². The van der Waals surface area contributed by atoms with Crippen LogP contribution in [0.15, 0.2) is 6.20 Å². The zero-order valence-corrected chi connectivity index (χ0v) is 6.04. The first-order valence-corrected chi connectivity index (χ1v) is 3.45. The molecule has 0 fully saturated rings. The van der Waals surface area contributed by atoms with Crippen molar-refractivity contribution in [2.75, 3.05) is 12.0 Å². The van der Waals surface area contributed by atoms with Gasteiger partial charge in [-0.05, 0) is 11.6 Å². The maximum Gasteiger partial charge on any atom is 0.137 e. The Morgan fingerprint density at radius 1 is 1.70 bits per heavy atom. The van der Waals surface area contributed by atoms with Crippen LogP contribution in [0.3, 0.4) is 0 Å². The highest BCUT2D eigenvalue weighted by atomic mass is 15.6. The number of unbranched alkanes of at least 4 members (excludes halogenated alkanes) is 1. The van der Waals surface area contributed by atoms with Gasteiger partial charge in [0.15, 0.2) is 0 Å². The van der Waals surface area contributed by atoms with Crippen LogP contribution < -0.4 is 5.43 Å². The third kappa shape index (κ3) is 2.05. The summed E-state index contributed by atoms with van der Waals surface area (Å²) in [6, 6.07) is 0. The Bertz CT molecular complexity index is 158. The van der Waals surface area contributed by atoms with Crippen LogP contribution >= 0.6 is 0 Å². The van der Waals surface area contributed by atoms with Crippen LogP contribution in [-0.4, -0.2) is 21.6 Å². The summed E-state index contributed by atoms with van der Waals surface area (Å²) in [5.41, 5.74) is 3.04. The second kappa shape index (κ2) is 3.87. The summed E-state index contributed by atoms with van der Waals surface area (Å²) >= 11 is 0. The van der Waals surface area contributed by atoms with Crippen LogP contribution in [0.25, 0.3) is 0 Å². The number of hydrogen-bond acceptors (Lipinski definition) is 3. The molecular formula is C6H11N4. The molecule has 0 aliphatic carbocycles. The van der Waals surface area contributed by atoms with E-state index in [1.54, 1.807) is 11.0 Å². The number of nitrogens with zero attached hydrogens (tertiary/aromatic N) is 3. The third-order valence-electron chi connectivity index (χ3n) is 1.18. The normalized spacial score (nSPS) is 9.70. The van der Waals surface area contributed by atoms with Crippen LogP contribution in [0.2, 0.25) is 0 Å². The van der Waals surface area contributed by atoms with E-state index >= 15 is 0 Å². The lowest BCUT2D eigenvalue weighted by Gasteiger charge is -2.01. The quantitative estimate of drug-likeness (QED) is 0.615. The Kier molecular flexibility index (Phi) is 2.73. The van der Waals surface area contributed by atoms with E-state index in [2.05, 4.69) is 28.9 Å². The van der Waals surface area contributed by atoms with E-state index in [-0.39, 0.29) is 0 Å². The van der Waals surface area contributed by atoms with Gasteiger partial charge in [0.1, 0.15) is 6.20 Å². The van der Waals surface area contributed by atoms with Crippen molar-refractivity contribution in [1.29, 1.82) is 0 Å². The van der Waals surface area contributed by atoms with Gasteiger partial charge in [-0.3, -0.25) is 0 Å². The molecule has 0 aromatic carbocycles. The lowest BCUT2D eigenvalue weighted by molar-refractivity contribution is 0.666. The number of rotatable bonds is 4. The summed E-state index contributed by atoms with van der Waals surface area (Å²) in [4.78, 5) is 1.57. The van der Waals surface area contributed by atoms with Crippen molar-refractivity contribution in [1.82, 2.24) is 15.1 Å². The summed E-state index contributed by atoms with van der Waals surface area (Å²) < 4.78 is 0. The monoisotopic (exact) mass is 139 g/mol. The fourth-order valence-corrected chi connectivity index (χ4v) is 0.628. The third-order valence-corrected chi connectivity index (χ3v) is 1.18. The molecule has 55 valence electrons. The summed E-state index contributed by atoms with van der Waals surface area (Å²) in [6.45, 7) is 3.09. The van der Waals surface area contributed by atoms with Crippen molar-refractivity contribution < 1.29 is 0 Å². The molecule has 0 atom stereocenters. The minimum Gasteiger partial charge on any atom is -0.309 e. The first-order chi connectivity index (χ1) is 4.93. The molecule has 1 N–H and O–H groups in total. The fraction of sp³-hybridized carbons (Fsp3) is 0.667. The first kappa shape index (κ1) is 7.05. The molecule has 10 heavy (non-hydrogen) atoms. The van der Waals surface area contributed by atoms with Crippen molar-refractivity contribution in [2.45, 2.75) is 19.8 Å². The van der Waals surface area contributed by atoms with Crippen molar-refractivity contribution in [3.8, 4) is 0 Å². The second-order valence-corrected chi connectivity index (χ2v) is 2.05. The van der Waals surface area contributed by atoms with Gasteiger partial charge >= 0.3 is 0 Å². The molecule has 1 heterocycles. The molecule has 0 aliphatic rings. The van der Waals surface area contributed by atoms with E-state index in [1.807, 2.05) is 0 Å². The largest absolute Gasteiger partial charge is 0.309 e. The zero-order valence-electron chi connectivity index (χ0n) is 6.04. The van der Waals surface area contributed by atoms with E-state index in [9.17, 15) is 0 Å². The van der Waals surface area contributed by atoms with Gasteiger partial charge in [0, 0.05) is 6.54 Å². The predicted octanol–water partition coefficient (Wildman–Crippen LogP) is 0.422. The van der Waals surface area contributed by atoms with E-state index in [0.717, 1.165) is 13.0 Å². The van der Waals surface area contributed by atoms with Gasteiger partial charge in [0.2, 0.25) is 0 Å². The average molecular weight is 139 g/mol. The van der Waals surface area contributed by atoms with Crippen LogP contribution in [0.5, 0.6) is 0 Å². The Labute approximate surface area is 60.2 Å². The van der Waals surface area contributed by atoms with E-state index < -0.39 is 0 Å². The summed E-state index contributed by atoms with van der Waals surface area (Å²) in [7, 11) is 0. The lowest BCUT2D eigenvalue weighted by Crippen LogP contribution is -2.16. The SMILES string of the molecule is CCCCNn1c[c]nn1. The van der Waals surface area contributed by atoms with Crippen molar-refractivity contribution in [3.05, 3.63) is 12.4 Å².